The van der Waals surface area contributed by atoms with E-state index >= 15 is 0 Å². The summed E-state index contributed by atoms with van der Waals surface area (Å²) in [7, 11) is 0. The van der Waals surface area contributed by atoms with E-state index in [0.717, 1.165) is 0 Å². The number of carboxylic acid groups (broad SMARTS) is 1. The second-order valence-electron chi connectivity index (χ2n) is 3.11. The minimum atomic E-state index is -3.35. The fourth-order valence-electron chi connectivity index (χ4n) is 1.23. The van der Waals surface area contributed by atoms with Crippen molar-refractivity contribution < 1.29 is 32.7 Å². The third-order valence-electron chi connectivity index (χ3n) is 1.89. The molecule has 0 saturated carbocycles. The summed E-state index contributed by atoms with van der Waals surface area (Å²) >= 11 is 0. The zero-order valence-electron chi connectivity index (χ0n) is 8.60. The van der Waals surface area contributed by atoms with Crippen LogP contribution in [-0.4, -0.2) is 22.6 Å². The predicted octanol–water partition coefficient (Wildman–Crippen LogP) is 1.96. The maximum atomic E-state index is 13.4. The van der Waals surface area contributed by atoms with Crippen LogP contribution in [0, 0.1) is 15.9 Å². The molecule has 6 nitrogen and oxygen atoms in total. The van der Waals surface area contributed by atoms with Gasteiger partial charge in [-0.3, -0.25) is 14.9 Å². The lowest BCUT2D eigenvalue weighted by atomic mass is 10.1. The monoisotopic (exact) mass is 265 g/mol. The molecule has 0 saturated heterocycles. The molecule has 0 spiro atoms. The number of benzene rings is 1. The third-order valence-corrected chi connectivity index (χ3v) is 1.89. The third kappa shape index (κ3) is 3.34. The molecule has 1 aromatic carbocycles. The highest BCUT2D eigenvalue weighted by atomic mass is 19.3. The highest BCUT2D eigenvalue weighted by Gasteiger charge is 2.21. The Bertz CT molecular complexity index is 491. The van der Waals surface area contributed by atoms with Crippen LogP contribution in [0.3, 0.4) is 0 Å². The van der Waals surface area contributed by atoms with Crippen molar-refractivity contribution in [1.82, 2.24) is 0 Å². The van der Waals surface area contributed by atoms with Gasteiger partial charge in [-0.1, -0.05) is 0 Å². The second kappa shape index (κ2) is 5.34. The number of carbonyl (C=O) groups is 1. The van der Waals surface area contributed by atoms with Crippen molar-refractivity contribution in [2.45, 2.75) is 13.0 Å². The van der Waals surface area contributed by atoms with E-state index in [-0.39, 0.29) is 0 Å². The molecule has 18 heavy (non-hydrogen) atoms. The number of nitrogens with zero attached hydrogens (tertiary/aromatic N) is 1. The van der Waals surface area contributed by atoms with Gasteiger partial charge < -0.3 is 9.84 Å². The number of hydrogen-bond acceptors (Lipinski definition) is 4. The maximum absolute atomic E-state index is 13.4. The van der Waals surface area contributed by atoms with Crippen LogP contribution in [0.4, 0.5) is 18.9 Å². The molecule has 0 heterocycles. The molecule has 0 amide bonds. The maximum Gasteiger partial charge on any atom is 0.387 e. The highest BCUT2D eigenvalue weighted by Crippen LogP contribution is 2.29. The van der Waals surface area contributed by atoms with Gasteiger partial charge in [-0.2, -0.15) is 8.78 Å². The molecule has 0 unspecified atom stereocenters. The molecule has 0 aliphatic carbocycles. The smallest absolute Gasteiger partial charge is 0.387 e. The van der Waals surface area contributed by atoms with Crippen molar-refractivity contribution >= 4 is 11.7 Å². The quantitative estimate of drug-likeness (QED) is 0.649. The number of alkyl halides is 2. The molecule has 1 N–H and O–H groups in total. The van der Waals surface area contributed by atoms with E-state index in [1.165, 1.54) is 0 Å². The molecule has 0 aliphatic rings. The van der Waals surface area contributed by atoms with Gasteiger partial charge in [0.2, 0.25) is 0 Å². The molecule has 98 valence electrons. The van der Waals surface area contributed by atoms with Crippen molar-refractivity contribution in [2.24, 2.45) is 0 Å². The minimum absolute atomic E-state index is 0.441. The van der Waals surface area contributed by atoms with Crippen LogP contribution in [0.15, 0.2) is 12.1 Å². The normalized spacial score (nSPS) is 10.4. The van der Waals surface area contributed by atoms with E-state index in [1.54, 1.807) is 0 Å². The van der Waals surface area contributed by atoms with E-state index in [2.05, 4.69) is 4.74 Å². The van der Waals surface area contributed by atoms with E-state index in [4.69, 9.17) is 5.11 Å². The van der Waals surface area contributed by atoms with Crippen LogP contribution in [0.5, 0.6) is 5.75 Å². The van der Waals surface area contributed by atoms with Gasteiger partial charge in [-0.15, -0.1) is 0 Å². The first-order valence-corrected chi connectivity index (χ1v) is 4.44. The van der Waals surface area contributed by atoms with Crippen LogP contribution in [-0.2, 0) is 11.2 Å². The van der Waals surface area contributed by atoms with Gasteiger partial charge in [-0.05, 0) is 0 Å². The van der Waals surface area contributed by atoms with Crippen molar-refractivity contribution in [3.8, 4) is 5.75 Å². The first-order chi connectivity index (χ1) is 8.31. The summed E-state index contributed by atoms with van der Waals surface area (Å²) in [4.78, 5) is 19.8. The minimum Gasteiger partial charge on any atom is -0.481 e. The fraction of sp³-hybridized carbons (Fsp3) is 0.222. The second-order valence-corrected chi connectivity index (χ2v) is 3.11. The summed E-state index contributed by atoms with van der Waals surface area (Å²) in [5, 5.41) is 18.9. The highest BCUT2D eigenvalue weighted by molar-refractivity contribution is 5.72. The van der Waals surface area contributed by atoms with Gasteiger partial charge in [0, 0.05) is 5.56 Å². The van der Waals surface area contributed by atoms with Crippen LogP contribution in [0.1, 0.15) is 5.56 Å². The molecular formula is C9H6F3NO5. The van der Waals surface area contributed by atoms with Crippen molar-refractivity contribution in [3.05, 3.63) is 33.6 Å². The largest absolute Gasteiger partial charge is 0.481 e. The average Bonchev–Trinajstić information content (AvgIpc) is 2.21. The Morgan fingerprint density at radius 3 is 2.56 bits per heavy atom. The van der Waals surface area contributed by atoms with Gasteiger partial charge in [-0.25, -0.2) is 4.39 Å². The number of aliphatic carboxylic acids is 1. The Kier molecular flexibility index (Phi) is 4.08. The molecule has 0 aromatic heterocycles. The Morgan fingerprint density at radius 2 is 2.11 bits per heavy atom. The van der Waals surface area contributed by atoms with Gasteiger partial charge in [0.05, 0.1) is 23.5 Å². The van der Waals surface area contributed by atoms with Crippen LogP contribution in [0.25, 0.3) is 0 Å². The predicted molar refractivity (Wildman–Crippen MR) is 51.0 cm³/mol. The molecule has 0 radical (unpaired) electrons. The van der Waals surface area contributed by atoms with Gasteiger partial charge in [0.1, 0.15) is 11.6 Å². The summed E-state index contributed by atoms with van der Waals surface area (Å²) < 4.78 is 41.3. The van der Waals surface area contributed by atoms with Gasteiger partial charge in [0.15, 0.2) is 0 Å². The molecule has 1 aromatic rings. The standard InChI is InChI=1S/C9H6F3NO5/c10-6-1-4(13(16)17)2-7(18-9(11)12)5(6)3-8(14)15/h1-2,9H,3H2,(H,14,15). The van der Waals surface area contributed by atoms with Crippen LogP contribution in [0.2, 0.25) is 0 Å². The van der Waals surface area contributed by atoms with Gasteiger partial charge >= 0.3 is 12.6 Å². The summed E-state index contributed by atoms with van der Waals surface area (Å²) in [6.07, 6.45) is -0.925. The van der Waals surface area contributed by atoms with Crippen LogP contribution >= 0.6 is 0 Å². The first kappa shape index (κ1) is 13.7. The average molecular weight is 265 g/mol. The number of rotatable bonds is 5. The molecule has 0 fully saturated rings. The Labute approximate surface area is 97.7 Å². The van der Waals surface area contributed by atoms with E-state index < -0.39 is 46.7 Å². The Balaban J connectivity index is 3.29. The zero-order chi connectivity index (χ0) is 13.9. The summed E-state index contributed by atoms with van der Waals surface area (Å²) in [5.41, 5.74) is -1.48. The summed E-state index contributed by atoms with van der Waals surface area (Å²) in [6, 6.07) is 0.990. The number of carboxylic acids is 1. The Morgan fingerprint density at radius 1 is 1.50 bits per heavy atom. The number of nitro benzene ring substituents is 1. The number of hydrogen-bond donors (Lipinski definition) is 1. The van der Waals surface area contributed by atoms with E-state index in [0.29, 0.717) is 12.1 Å². The van der Waals surface area contributed by atoms with Crippen molar-refractivity contribution in [3.63, 3.8) is 0 Å². The lowest BCUT2D eigenvalue weighted by Gasteiger charge is -2.10. The molecule has 0 atom stereocenters. The molecule has 1 rings (SSSR count). The number of nitro groups is 1. The zero-order valence-corrected chi connectivity index (χ0v) is 8.60. The molecule has 0 aliphatic heterocycles. The molecule has 9 heteroatoms. The number of halogens is 3. The van der Waals surface area contributed by atoms with Gasteiger partial charge in [0.25, 0.3) is 5.69 Å². The number of non-ortho nitro benzene ring substituents is 1. The summed E-state index contributed by atoms with van der Waals surface area (Å²) in [6.45, 7) is -3.35. The lowest BCUT2D eigenvalue weighted by Crippen LogP contribution is -2.10. The topological polar surface area (TPSA) is 89.7 Å². The van der Waals surface area contributed by atoms with E-state index in [9.17, 15) is 28.1 Å². The molecular weight excluding hydrogens is 259 g/mol. The van der Waals surface area contributed by atoms with E-state index in [1.807, 2.05) is 0 Å². The lowest BCUT2D eigenvalue weighted by molar-refractivity contribution is -0.385. The first-order valence-electron chi connectivity index (χ1n) is 4.44. The number of ether oxygens (including phenoxy) is 1. The molecule has 0 bridgehead atoms. The Hall–Kier alpha value is -2.32. The van der Waals surface area contributed by atoms with Crippen molar-refractivity contribution in [2.75, 3.05) is 0 Å². The van der Waals surface area contributed by atoms with Crippen molar-refractivity contribution in [1.29, 1.82) is 0 Å². The van der Waals surface area contributed by atoms with Crippen LogP contribution < -0.4 is 4.74 Å². The fourth-order valence-corrected chi connectivity index (χ4v) is 1.23. The summed E-state index contributed by atoms with van der Waals surface area (Å²) in [5.74, 6) is -3.64. The SMILES string of the molecule is O=C(O)Cc1c(F)cc([N+](=O)[O-])cc1OC(F)F.